The fourth-order valence-electron chi connectivity index (χ4n) is 1.28. The summed E-state index contributed by atoms with van der Waals surface area (Å²) in [5.41, 5.74) is 0.696. The van der Waals surface area contributed by atoms with Crippen molar-refractivity contribution in [3.63, 3.8) is 0 Å². The van der Waals surface area contributed by atoms with Crippen LogP contribution in [0.2, 0.25) is 0 Å². The molecule has 0 heterocycles. The Kier molecular flexibility index (Phi) is 4.62. The number of carbonyl (C=O) groups is 1. The monoisotopic (exact) mass is 301 g/mol. The zero-order valence-electron chi connectivity index (χ0n) is 9.53. The van der Waals surface area contributed by atoms with Gasteiger partial charge in [-0.3, -0.25) is 10.1 Å². The van der Waals surface area contributed by atoms with Crippen LogP contribution in [0.3, 0.4) is 0 Å². The molecule has 0 saturated heterocycles. The summed E-state index contributed by atoms with van der Waals surface area (Å²) in [7, 11) is 0. The number of halogens is 1. The van der Waals surface area contributed by atoms with Crippen LogP contribution in [0.5, 0.6) is 0 Å². The van der Waals surface area contributed by atoms with Gasteiger partial charge in [-0.25, -0.2) is 4.79 Å². The van der Waals surface area contributed by atoms with Gasteiger partial charge in [0.2, 0.25) is 0 Å². The third-order valence-electron chi connectivity index (χ3n) is 2.11. The van der Waals surface area contributed by atoms with Crippen molar-refractivity contribution in [3.05, 3.63) is 37.8 Å². The molecule has 0 aliphatic rings. The molecule has 0 atom stereocenters. The molecule has 5 nitrogen and oxygen atoms in total. The van der Waals surface area contributed by atoms with Crippen molar-refractivity contribution in [2.75, 3.05) is 6.61 Å². The van der Waals surface area contributed by atoms with E-state index in [0.29, 0.717) is 23.1 Å². The molecule has 6 heteroatoms. The fourth-order valence-corrected chi connectivity index (χ4v) is 1.65. The second-order valence-electron chi connectivity index (χ2n) is 3.52. The first-order valence-corrected chi connectivity index (χ1v) is 5.88. The van der Waals surface area contributed by atoms with Crippen LogP contribution in [-0.2, 0) is 4.74 Å². The van der Waals surface area contributed by atoms with Crippen LogP contribution < -0.4 is 0 Å². The van der Waals surface area contributed by atoms with Gasteiger partial charge < -0.3 is 4.74 Å². The Morgan fingerprint density at radius 3 is 2.71 bits per heavy atom. The number of hydrogen-bond acceptors (Lipinski definition) is 4. The number of esters is 1. The maximum atomic E-state index is 11.6. The highest BCUT2D eigenvalue weighted by atomic mass is 79.9. The van der Waals surface area contributed by atoms with E-state index in [9.17, 15) is 14.9 Å². The molecule has 0 aliphatic heterocycles. The number of nitro groups is 1. The van der Waals surface area contributed by atoms with Gasteiger partial charge in [-0.05, 0) is 40.9 Å². The Labute approximate surface area is 107 Å². The molecule has 0 aliphatic carbocycles. The largest absolute Gasteiger partial charge is 0.462 e. The Morgan fingerprint density at radius 1 is 1.53 bits per heavy atom. The number of rotatable bonds is 4. The molecular formula is C11H12BrNO4. The second kappa shape index (κ2) is 5.77. The van der Waals surface area contributed by atoms with E-state index in [4.69, 9.17) is 4.74 Å². The van der Waals surface area contributed by atoms with Gasteiger partial charge in [0.05, 0.1) is 21.6 Å². The lowest BCUT2D eigenvalue weighted by Gasteiger charge is -2.05. The molecule has 1 rings (SSSR count). The normalized spacial score (nSPS) is 10.1. The van der Waals surface area contributed by atoms with E-state index in [1.54, 1.807) is 13.0 Å². The first-order valence-electron chi connectivity index (χ1n) is 5.09. The summed E-state index contributed by atoms with van der Waals surface area (Å²) in [5.74, 6) is -0.537. The summed E-state index contributed by atoms with van der Waals surface area (Å²) in [6.07, 6.45) is 0.712. The topological polar surface area (TPSA) is 69.4 Å². The highest BCUT2D eigenvalue weighted by molar-refractivity contribution is 9.10. The summed E-state index contributed by atoms with van der Waals surface area (Å²) in [4.78, 5) is 21.8. The lowest BCUT2D eigenvalue weighted by atomic mass is 10.1. The van der Waals surface area contributed by atoms with Crippen molar-refractivity contribution in [1.82, 2.24) is 0 Å². The van der Waals surface area contributed by atoms with E-state index < -0.39 is 10.9 Å². The standard InChI is InChI=1S/C11H12BrNO4/c1-3-4-17-11(14)8-5-7(2)10(12)9(6-8)13(15)16/h5-6H,3-4H2,1-2H3. The summed E-state index contributed by atoms with van der Waals surface area (Å²) >= 11 is 3.12. The van der Waals surface area contributed by atoms with E-state index >= 15 is 0 Å². The molecule has 0 bridgehead atoms. The Hall–Kier alpha value is -1.43. The van der Waals surface area contributed by atoms with Gasteiger partial charge in [0.25, 0.3) is 5.69 Å². The van der Waals surface area contributed by atoms with E-state index in [2.05, 4.69) is 15.9 Å². The SMILES string of the molecule is CCCOC(=O)c1cc(C)c(Br)c([N+](=O)[O-])c1. The fraction of sp³-hybridized carbons (Fsp3) is 0.364. The average Bonchev–Trinajstić information content (AvgIpc) is 2.28. The van der Waals surface area contributed by atoms with Crippen molar-refractivity contribution in [1.29, 1.82) is 0 Å². The average molecular weight is 302 g/mol. The summed E-state index contributed by atoms with van der Waals surface area (Å²) in [6, 6.07) is 2.78. The van der Waals surface area contributed by atoms with Crippen molar-refractivity contribution in [2.24, 2.45) is 0 Å². The number of hydrogen-bond donors (Lipinski definition) is 0. The number of nitro benzene ring substituents is 1. The minimum absolute atomic E-state index is 0.131. The van der Waals surface area contributed by atoms with Crippen LogP contribution in [0.4, 0.5) is 5.69 Å². The molecule has 0 saturated carbocycles. The number of aryl methyl sites for hydroxylation is 1. The molecule has 0 spiro atoms. The van der Waals surface area contributed by atoms with Crippen LogP contribution in [0.1, 0.15) is 29.3 Å². The molecule has 92 valence electrons. The Morgan fingerprint density at radius 2 is 2.18 bits per heavy atom. The molecule has 1 aromatic carbocycles. The van der Waals surface area contributed by atoms with Crippen LogP contribution >= 0.6 is 15.9 Å². The quantitative estimate of drug-likeness (QED) is 0.486. The summed E-state index contributed by atoms with van der Waals surface area (Å²) in [5, 5.41) is 10.8. The van der Waals surface area contributed by atoms with Gasteiger partial charge in [-0.15, -0.1) is 0 Å². The summed E-state index contributed by atoms with van der Waals surface area (Å²) < 4.78 is 5.31. The van der Waals surface area contributed by atoms with Crippen LogP contribution in [0.25, 0.3) is 0 Å². The predicted octanol–water partition coefficient (Wildman–Crippen LogP) is 3.23. The lowest BCUT2D eigenvalue weighted by Crippen LogP contribution is -2.07. The molecule has 0 radical (unpaired) electrons. The highest BCUT2D eigenvalue weighted by Gasteiger charge is 2.19. The second-order valence-corrected chi connectivity index (χ2v) is 4.31. The molecule has 17 heavy (non-hydrogen) atoms. The third kappa shape index (κ3) is 3.26. The van der Waals surface area contributed by atoms with Gasteiger partial charge in [0.15, 0.2) is 0 Å². The molecule has 1 aromatic rings. The maximum absolute atomic E-state index is 11.6. The highest BCUT2D eigenvalue weighted by Crippen LogP contribution is 2.29. The molecule has 0 amide bonds. The minimum Gasteiger partial charge on any atom is -0.462 e. The van der Waals surface area contributed by atoms with Crippen LogP contribution in [0, 0.1) is 17.0 Å². The van der Waals surface area contributed by atoms with Gasteiger partial charge in [0.1, 0.15) is 0 Å². The summed E-state index contributed by atoms with van der Waals surface area (Å²) in [6.45, 7) is 3.87. The Bertz CT molecular complexity index is 459. The van der Waals surface area contributed by atoms with E-state index in [0.717, 1.165) is 0 Å². The zero-order chi connectivity index (χ0) is 13.0. The number of carbonyl (C=O) groups excluding carboxylic acids is 1. The smallest absolute Gasteiger partial charge is 0.338 e. The Balaban J connectivity index is 3.10. The van der Waals surface area contributed by atoms with E-state index in [1.807, 2.05) is 6.92 Å². The first kappa shape index (κ1) is 13.6. The van der Waals surface area contributed by atoms with Crippen molar-refractivity contribution in [2.45, 2.75) is 20.3 Å². The minimum atomic E-state index is -0.537. The van der Waals surface area contributed by atoms with E-state index in [-0.39, 0.29) is 11.3 Å². The molecule has 0 unspecified atom stereocenters. The third-order valence-corrected chi connectivity index (χ3v) is 3.14. The van der Waals surface area contributed by atoms with E-state index in [1.165, 1.54) is 6.07 Å². The van der Waals surface area contributed by atoms with Gasteiger partial charge in [0, 0.05) is 6.07 Å². The van der Waals surface area contributed by atoms with Crippen molar-refractivity contribution < 1.29 is 14.5 Å². The maximum Gasteiger partial charge on any atom is 0.338 e. The number of ether oxygens (including phenoxy) is 1. The van der Waals surface area contributed by atoms with Crippen LogP contribution in [0.15, 0.2) is 16.6 Å². The van der Waals surface area contributed by atoms with Crippen molar-refractivity contribution >= 4 is 27.6 Å². The first-order chi connectivity index (χ1) is 7.97. The zero-order valence-corrected chi connectivity index (χ0v) is 11.1. The number of nitrogens with zero attached hydrogens (tertiary/aromatic N) is 1. The predicted molar refractivity (Wildman–Crippen MR) is 66.1 cm³/mol. The molecular weight excluding hydrogens is 290 g/mol. The molecule has 0 aromatic heterocycles. The molecule has 0 N–H and O–H groups in total. The van der Waals surface area contributed by atoms with Gasteiger partial charge in [-0.2, -0.15) is 0 Å². The lowest BCUT2D eigenvalue weighted by molar-refractivity contribution is -0.385. The molecule has 0 fully saturated rings. The van der Waals surface area contributed by atoms with Crippen molar-refractivity contribution in [3.8, 4) is 0 Å². The van der Waals surface area contributed by atoms with Crippen LogP contribution in [-0.4, -0.2) is 17.5 Å². The van der Waals surface area contributed by atoms with Gasteiger partial charge >= 0.3 is 5.97 Å². The number of benzene rings is 1. The van der Waals surface area contributed by atoms with Gasteiger partial charge in [-0.1, -0.05) is 6.92 Å².